The third kappa shape index (κ3) is 2.08. The molecular weight excluding hydrogens is 132 g/mol. The van der Waals surface area contributed by atoms with Crippen molar-refractivity contribution in [3.8, 4) is 0 Å². The Balaban J connectivity index is 2.58. The van der Waals surface area contributed by atoms with Crippen LogP contribution in [-0.2, 0) is 0 Å². The van der Waals surface area contributed by atoms with Crippen molar-refractivity contribution < 1.29 is 0 Å². The highest BCUT2D eigenvalue weighted by Crippen LogP contribution is 2.33. The van der Waals surface area contributed by atoms with Gasteiger partial charge < -0.3 is 0 Å². The summed E-state index contributed by atoms with van der Waals surface area (Å²) in [4.78, 5) is 0. The summed E-state index contributed by atoms with van der Waals surface area (Å²) in [5.41, 5.74) is 1.59. The van der Waals surface area contributed by atoms with Gasteiger partial charge in [0.05, 0.1) is 0 Å². The maximum Gasteiger partial charge on any atom is -0.0294 e. The first kappa shape index (κ1) is 8.83. The molecule has 2 atom stereocenters. The summed E-state index contributed by atoms with van der Waals surface area (Å²) in [7, 11) is 0. The van der Waals surface area contributed by atoms with Crippen LogP contribution in [0.5, 0.6) is 0 Å². The van der Waals surface area contributed by atoms with Crippen LogP contribution in [0, 0.1) is 17.8 Å². The van der Waals surface area contributed by atoms with E-state index in [1.165, 1.54) is 12.8 Å². The maximum atomic E-state index is 2.42. The molecule has 64 valence electrons. The van der Waals surface area contributed by atoms with Crippen LogP contribution in [0.3, 0.4) is 0 Å². The van der Waals surface area contributed by atoms with Gasteiger partial charge in [-0.15, -0.1) is 0 Å². The average molecular weight is 152 g/mol. The molecule has 0 fully saturated rings. The molecular formula is C11H20. The maximum absolute atomic E-state index is 2.42. The van der Waals surface area contributed by atoms with Crippen LogP contribution in [0.4, 0.5) is 0 Å². The molecule has 0 heteroatoms. The Labute approximate surface area is 70.7 Å². The third-order valence-electron chi connectivity index (χ3n) is 2.97. The van der Waals surface area contributed by atoms with Crippen molar-refractivity contribution >= 4 is 0 Å². The highest BCUT2D eigenvalue weighted by molar-refractivity contribution is 5.05. The fourth-order valence-corrected chi connectivity index (χ4v) is 2.24. The zero-order valence-corrected chi connectivity index (χ0v) is 8.22. The standard InChI is InChI=1S/C11H20/c1-8(2)11-6-5-9(3)7-10(11)4/h5,8,10-11H,6-7H2,1-4H3. The zero-order chi connectivity index (χ0) is 8.43. The SMILES string of the molecule is CC1=CCC(C(C)C)C(C)C1. The van der Waals surface area contributed by atoms with Crippen LogP contribution in [-0.4, -0.2) is 0 Å². The van der Waals surface area contributed by atoms with Gasteiger partial charge in [-0.1, -0.05) is 32.4 Å². The van der Waals surface area contributed by atoms with E-state index in [1.54, 1.807) is 5.57 Å². The lowest BCUT2D eigenvalue weighted by Crippen LogP contribution is -2.20. The van der Waals surface area contributed by atoms with E-state index in [0.717, 1.165) is 17.8 Å². The molecule has 0 nitrogen and oxygen atoms in total. The van der Waals surface area contributed by atoms with Gasteiger partial charge in [-0.25, -0.2) is 0 Å². The van der Waals surface area contributed by atoms with Crippen molar-refractivity contribution in [3.05, 3.63) is 11.6 Å². The smallest absolute Gasteiger partial charge is 0.0294 e. The molecule has 1 rings (SSSR count). The predicted molar refractivity (Wildman–Crippen MR) is 50.5 cm³/mol. The molecule has 0 heterocycles. The van der Waals surface area contributed by atoms with Crippen LogP contribution >= 0.6 is 0 Å². The van der Waals surface area contributed by atoms with Gasteiger partial charge in [-0.3, -0.25) is 0 Å². The van der Waals surface area contributed by atoms with Gasteiger partial charge in [0.2, 0.25) is 0 Å². The Bertz CT molecular complexity index is 153. The lowest BCUT2D eigenvalue weighted by Gasteiger charge is -2.30. The van der Waals surface area contributed by atoms with Crippen LogP contribution in [0.2, 0.25) is 0 Å². The monoisotopic (exact) mass is 152 g/mol. The van der Waals surface area contributed by atoms with Crippen molar-refractivity contribution in [2.75, 3.05) is 0 Å². The summed E-state index contributed by atoms with van der Waals surface area (Å²) in [5.74, 6) is 2.69. The Morgan fingerprint density at radius 2 is 2.09 bits per heavy atom. The third-order valence-corrected chi connectivity index (χ3v) is 2.97. The minimum atomic E-state index is 0.856. The van der Waals surface area contributed by atoms with E-state index in [4.69, 9.17) is 0 Å². The highest BCUT2D eigenvalue weighted by Gasteiger charge is 2.22. The fraction of sp³-hybridized carbons (Fsp3) is 0.818. The van der Waals surface area contributed by atoms with E-state index in [2.05, 4.69) is 33.8 Å². The Morgan fingerprint density at radius 3 is 2.55 bits per heavy atom. The van der Waals surface area contributed by atoms with Crippen molar-refractivity contribution in [3.63, 3.8) is 0 Å². The van der Waals surface area contributed by atoms with E-state index in [-0.39, 0.29) is 0 Å². The fourth-order valence-electron chi connectivity index (χ4n) is 2.24. The van der Waals surface area contributed by atoms with E-state index in [0.29, 0.717) is 0 Å². The van der Waals surface area contributed by atoms with E-state index in [9.17, 15) is 0 Å². The minimum absolute atomic E-state index is 0.856. The van der Waals surface area contributed by atoms with Crippen LogP contribution in [0.25, 0.3) is 0 Å². The lowest BCUT2D eigenvalue weighted by atomic mass is 9.75. The second-order valence-electron chi connectivity index (χ2n) is 4.38. The topological polar surface area (TPSA) is 0 Å². The molecule has 0 amide bonds. The van der Waals surface area contributed by atoms with Crippen molar-refractivity contribution in [1.82, 2.24) is 0 Å². The van der Waals surface area contributed by atoms with Gasteiger partial charge in [0, 0.05) is 0 Å². The minimum Gasteiger partial charge on any atom is -0.0853 e. The summed E-state index contributed by atoms with van der Waals surface area (Å²) in [6, 6.07) is 0. The number of hydrogen-bond acceptors (Lipinski definition) is 0. The van der Waals surface area contributed by atoms with E-state index >= 15 is 0 Å². The van der Waals surface area contributed by atoms with Gasteiger partial charge in [-0.2, -0.15) is 0 Å². The molecule has 11 heavy (non-hydrogen) atoms. The quantitative estimate of drug-likeness (QED) is 0.503. The summed E-state index contributed by atoms with van der Waals surface area (Å²) < 4.78 is 0. The summed E-state index contributed by atoms with van der Waals surface area (Å²) in [6.45, 7) is 9.33. The van der Waals surface area contributed by atoms with Gasteiger partial charge in [0.25, 0.3) is 0 Å². The Kier molecular flexibility index (Phi) is 2.75. The molecule has 0 aromatic carbocycles. The van der Waals surface area contributed by atoms with Gasteiger partial charge in [0.1, 0.15) is 0 Å². The lowest BCUT2D eigenvalue weighted by molar-refractivity contribution is 0.259. The normalized spacial score (nSPS) is 32.3. The van der Waals surface area contributed by atoms with Crippen molar-refractivity contribution in [1.29, 1.82) is 0 Å². The first-order chi connectivity index (χ1) is 5.11. The zero-order valence-electron chi connectivity index (χ0n) is 8.22. The average Bonchev–Trinajstić information content (AvgIpc) is 1.85. The van der Waals surface area contributed by atoms with Gasteiger partial charge in [-0.05, 0) is 37.5 Å². The van der Waals surface area contributed by atoms with Gasteiger partial charge >= 0.3 is 0 Å². The second-order valence-corrected chi connectivity index (χ2v) is 4.38. The number of rotatable bonds is 1. The Morgan fingerprint density at radius 1 is 1.45 bits per heavy atom. The van der Waals surface area contributed by atoms with E-state index < -0.39 is 0 Å². The molecule has 0 aromatic heterocycles. The first-order valence-electron chi connectivity index (χ1n) is 4.77. The summed E-state index contributed by atoms with van der Waals surface area (Å²) in [6.07, 6.45) is 5.05. The van der Waals surface area contributed by atoms with Crippen molar-refractivity contribution in [2.45, 2.75) is 40.5 Å². The predicted octanol–water partition coefficient (Wildman–Crippen LogP) is 3.63. The molecule has 0 radical (unpaired) electrons. The van der Waals surface area contributed by atoms with Crippen LogP contribution in [0.1, 0.15) is 40.5 Å². The molecule has 0 aromatic rings. The molecule has 0 bridgehead atoms. The summed E-state index contributed by atoms with van der Waals surface area (Å²) >= 11 is 0. The highest BCUT2D eigenvalue weighted by atomic mass is 14.3. The Hall–Kier alpha value is -0.260. The van der Waals surface area contributed by atoms with E-state index in [1.807, 2.05) is 0 Å². The first-order valence-corrected chi connectivity index (χ1v) is 4.77. The largest absolute Gasteiger partial charge is 0.0853 e. The molecule has 2 unspecified atom stereocenters. The molecule has 0 aliphatic heterocycles. The van der Waals surface area contributed by atoms with Gasteiger partial charge in [0.15, 0.2) is 0 Å². The molecule has 0 N–H and O–H groups in total. The molecule has 1 aliphatic carbocycles. The summed E-state index contributed by atoms with van der Waals surface area (Å²) in [5, 5.41) is 0. The second kappa shape index (κ2) is 3.42. The molecule has 0 saturated carbocycles. The molecule has 0 spiro atoms. The number of allylic oxidation sites excluding steroid dienone is 2. The molecule has 1 aliphatic rings. The molecule has 0 saturated heterocycles. The van der Waals surface area contributed by atoms with Crippen molar-refractivity contribution in [2.24, 2.45) is 17.8 Å². The van der Waals surface area contributed by atoms with Crippen LogP contribution < -0.4 is 0 Å². The number of hydrogen-bond donors (Lipinski definition) is 0. The van der Waals surface area contributed by atoms with Crippen LogP contribution in [0.15, 0.2) is 11.6 Å².